The van der Waals surface area contributed by atoms with Crippen LogP contribution in [0.4, 0.5) is 0 Å². The van der Waals surface area contributed by atoms with Gasteiger partial charge in [0, 0.05) is 33.9 Å². The summed E-state index contributed by atoms with van der Waals surface area (Å²) >= 11 is 12.6. The highest BCUT2D eigenvalue weighted by molar-refractivity contribution is 6.31. The SMILES string of the molecule is COC(=O)C12CN(C)CC(C(=O)OC)(C1=O)C(c1ccc3ccc(Cl)cc3n1)N(C)C2c1ccc2ccc(Cl)cc2n1. The zero-order valence-electron chi connectivity index (χ0n) is 23.4. The lowest BCUT2D eigenvalue weighted by molar-refractivity contribution is -0.202. The lowest BCUT2D eigenvalue weighted by Crippen LogP contribution is -2.75. The molecule has 2 saturated heterocycles. The van der Waals surface area contributed by atoms with Crippen LogP contribution in [-0.2, 0) is 23.9 Å². The van der Waals surface area contributed by atoms with Crippen molar-refractivity contribution >= 4 is 62.7 Å². The fraction of sp³-hybridized carbons (Fsp3) is 0.323. The Labute approximate surface area is 252 Å². The molecule has 4 unspecified atom stereocenters. The van der Waals surface area contributed by atoms with E-state index in [2.05, 4.69) is 0 Å². The van der Waals surface area contributed by atoms with Gasteiger partial charge in [-0.2, -0.15) is 0 Å². The van der Waals surface area contributed by atoms with Gasteiger partial charge >= 0.3 is 11.9 Å². The first-order valence-electron chi connectivity index (χ1n) is 13.3. The van der Waals surface area contributed by atoms with Crippen molar-refractivity contribution in [2.24, 2.45) is 10.8 Å². The smallest absolute Gasteiger partial charge is 0.322 e. The van der Waals surface area contributed by atoms with Crippen LogP contribution >= 0.6 is 23.2 Å². The number of carbonyl (C=O) groups excluding carboxylic acids is 3. The number of Topliss-reactive ketones (excluding diaryl/α,β-unsaturated/α-hetero) is 1. The van der Waals surface area contributed by atoms with Gasteiger partial charge in [-0.1, -0.05) is 47.5 Å². The van der Waals surface area contributed by atoms with Crippen LogP contribution in [0.1, 0.15) is 23.5 Å². The Kier molecular flexibility index (Phi) is 6.97. The summed E-state index contributed by atoms with van der Waals surface area (Å²) in [6.07, 6.45) is 0. The standard InChI is InChI=1S/C31H28Cl2N4O5/c1-36-15-30(28(39)41-3)25(21-11-7-17-5-9-19(32)13-23(17)34-21)37(2)26(31(16-36,27(30)38)29(40)42-4)22-12-8-18-6-10-20(33)14-24(18)35-22/h5-14,25-26H,15-16H2,1-4H3. The van der Waals surface area contributed by atoms with Crippen molar-refractivity contribution in [1.29, 1.82) is 0 Å². The van der Waals surface area contributed by atoms with Gasteiger partial charge in [0.05, 0.1) is 48.7 Å². The monoisotopic (exact) mass is 606 g/mol. The van der Waals surface area contributed by atoms with Crippen LogP contribution in [-0.4, -0.2) is 78.9 Å². The van der Waals surface area contributed by atoms with Crippen LogP contribution in [0.25, 0.3) is 21.8 Å². The number of benzene rings is 2. The first kappa shape index (κ1) is 28.5. The maximum absolute atomic E-state index is 15.0. The Balaban J connectivity index is 1.66. The summed E-state index contributed by atoms with van der Waals surface area (Å²) in [7, 11) is 6.02. The van der Waals surface area contributed by atoms with Crippen molar-refractivity contribution in [2.75, 3.05) is 41.4 Å². The predicted octanol–water partition coefficient (Wildman–Crippen LogP) is 4.65. The Bertz CT molecular complexity index is 1660. The van der Waals surface area contributed by atoms with Gasteiger partial charge in [-0.3, -0.25) is 29.3 Å². The maximum atomic E-state index is 15.0. The molecule has 0 radical (unpaired) electrons. The molecular formula is C31H28Cl2N4O5. The number of pyridine rings is 2. The number of carbonyl (C=O) groups is 3. The molecule has 0 spiro atoms. The van der Waals surface area contributed by atoms with Crippen LogP contribution in [0.3, 0.4) is 0 Å². The highest BCUT2D eigenvalue weighted by Crippen LogP contribution is 2.60. The Morgan fingerprint density at radius 1 is 0.762 bits per heavy atom. The van der Waals surface area contributed by atoms with Crippen molar-refractivity contribution in [2.45, 2.75) is 12.1 Å². The van der Waals surface area contributed by atoms with Crippen molar-refractivity contribution in [3.05, 3.63) is 82.1 Å². The number of halogens is 2. The number of hydrogen-bond acceptors (Lipinski definition) is 9. The number of methoxy groups -OCH3 is 2. The number of nitrogens with zero attached hydrogens (tertiary/aromatic N) is 4. The van der Waals surface area contributed by atoms with E-state index in [9.17, 15) is 14.4 Å². The minimum atomic E-state index is -1.80. The third kappa shape index (κ3) is 4.02. The van der Waals surface area contributed by atoms with E-state index in [1.165, 1.54) is 14.2 Å². The summed E-state index contributed by atoms with van der Waals surface area (Å²) in [5, 5.41) is 2.69. The van der Waals surface area contributed by atoms with Crippen LogP contribution < -0.4 is 0 Å². The normalized spacial score (nSPS) is 26.4. The second-order valence-electron chi connectivity index (χ2n) is 11.0. The van der Waals surface area contributed by atoms with Crippen LogP contribution in [0.15, 0.2) is 60.7 Å². The van der Waals surface area contributed by atoms with Gasteiger partial charge in [-0.15, -0.1) is 0 Å². The van der Waals surface area contributed by atoms with Gasteiger partial charge in [-0.25, -0.2) is 0 Å². The summed E-state index contributed by atoms with van der Waals surface area (Å²) < 4.78 is 10.6. The molecule has 2 aliphatic heterocycles. The Hall–Kier alpha value is -3.63. The van der Waals surface area contributed by atoms with Gasteiger partial charge in [0.15, 0.2) is 16.6 Å². The van der Waals surface area contributed by atoms with Gasteiger partial charge in [0.25, 0.3) is 0 Å². The first-order valence-corrected chi connectivity index (χ1v) is 14.1. The van der Waals surface area contributed by atoms with Gasteiger partial charge in [-0.05, 0) is 50.5 Å². The first-order chi connectivity index (χ1) is 20.1. The molecule has 2 bridgehead atoms. The second kappa shape index (κ2) is 10.3. The van der Waals surface area contributed by atoms with E-state index in [4.69, 9.17) is 42.6 Å². The average molecular weight is 607 g/mol. The van der Waals surface area contributed by atoms with Crippen molar-refractivity contribution in [3.63, 3.8) is 0 Å². The van der Waals surface area contributed by atoms with Gasteiger partial charge in [0.1, 0.15) is 0 Å². The number of piperidine rings is 2. The topological polar surface area (TPSA) is 102 Å². The van der Waals surface area contributed by atoms with Crippen molar-refractivity contribution in [1.82, 2.24) is 19.8 Å². The number of likely N-dealkylation sites (tertiary alicyclic amines) is 2. The molecule has 0 saturated carbocycles. The summed E-state index contributed by atoms with van der Waals surface area (Å²) in [5.41, 5.74) is -1.50. The number of fused-ring (bicyclic) bond motifs is 4. The quantitative estimate of drug-likeness (QED) is 0.242. The largest absolute Gasteiger partial charge is 0.468 e. The Morgan fingerprint density at radius 2 is 1.17 bits per heavy atom. The minimum absolute atomic E-state index is 0.00893. The summed E-state index contributed by atoms with van der Waals surface area (Å²) in [5.74, 6) is -2.09. The molecule has 0 aliphatic carbocycles. The molecular weight excluding hydrogens is 579 g/mol. The lowest BCUT2D eigenvalue weighted by Gasteiger charge is -2.60. The highest BCUT2D eigenvalue weighted by atomic mass is 35.5. The number of ether oxygens (including phenoxy) is 2. The number of hydrogen-bond donors (Lipinski definition) is 0. The molecule has 6 rings (SSSR count). The molecule has 0 N–H and O–H groups in total. The molecule has 9 nitrogen and oxygen atoms in total. The predicted molar refractivity (Wildman–Crippen MR) is 158 cm³/mol. The highest BCUT2D eigenvalue weighted by Gasteiger charge is 2.75. The third-order valence-electron chi connectivity index (χ3n) is 8.61. The van der Waals surface area contributed by atoms with Gasteiger partial charge in [0.2, 0.25) is 0 Å². The number of esters is 2. The van der Waals surface area contributed by atoms with E-state index in [1.54, 1.807) is 55.4 Å². The zero-order valence-corrected chi connectivity index (χ0v) is 24.9. The fourth-order valence-electron chi connectivity index (χ4n) is 7.06. The number of aromatic nitrogens is 2. The molecule has 2 aliphatic rings. The summed E-state index contributed by atoms with van der Waals surface area (Å²) in [4.78, 5) is 56.2. The molecule has 2 aromatic carbocycles. The molecule has 42 heavy (non-hydrogen) atoms. The molecule has 4 heterocycles. The zero-order chi connectivity index (χ0) is 30.0. The van der Waals surface area contributed by atoms with E-state index < -0.39 is 40.6 Å². The molecule has 0 amide bonds. The molecule has 2 aromatic heterocycles. The second-order valence-corrected chi connectivity index (χ2v) is 11.9. The lowest BCUT2D eigenvalue weighted by atomic mass is 9.54. The molecule has 4 aromatic rings. The van der Waals surface area contributed by atoms with Crippen LogP contribution in [0, 0.1) is 10.8 Å². The van der Waals surface area contributed by atoms with Crippen LogP contribution in [0.2, 0.25) is 10.0 Å². The van der Waals surface area contributed by atoms with E-state index in [1.807, 2.05) is 29.2 Å². The van der Waals surface area contributed by atoms with E-state index >= 15 is 0 Å². The van der Waals surface area contributed by atoms with Crippen molar-refractivity contribution < 1.29 is 23.9 Å². The van der Waals surface area contributed by atoms with Gasteiger partial charge < -0.3 is 14.4 Å². The van der Waals surface area contributed by atoms with E-state index in [0.29, 0.717) is 32.5 Å². The average Bonchev–Trinajstić information content (AvgIpc) is 2.97. The summed E-state index contributed by atoms with van der Waals surface area (Å²) in [6.45, 7) is 0.0179. The molecule has 216 valence electrons. The Morgan fingerprint density at radius 3 is 1.57 bits per heavy atom. The third-order valence-corrected chi connectivity index (χ3v) is 9.08. The van der Waals surface area contributed by atoms with Crippen LogP contribution in [0.5, 0.6) is 0 Å². The number of ketones is 1. The maximum Gasteiger partial charge on any atom is 0.322 e. The fourth-order valence-corrected chi connectivity index (χ4v) is 7.39. The minimum Gasteiger partial charge on any atom is -0.468 e. The molecule has 2 fully saturated rings. The van der Waals surface area contributed by atoms with E-state index in [-0.39, 0.29) is 13.1 Å². The molecule has 4 atom stereocenters. The molecule has 11 heteroatoms. The van der Waals surface area contributed by atoms with Crippen molar-refractivity contribution in [3.8, 4) is 0 Å². The number of rotatable bonds is 4. The van der Waals surface area contributed by atoms with E-state index in [0.717, 1.165) is 10.8 Å². The summed E-state index contributed by atoms with van der Waals surface area (Å²) in [6, 6.07) is 16.2.